The van der Waals surface area contributed by atoms with E-state index in [1.807, 2.05) is 42.5 Å². The lowest BCUT2D eigenvalue weighted by Crippen LogP contribution is -2.18. The molecule has 0 atom stereocenters. The Labute approximate surface area is 146 Å². The highest BCUT2D eigenvalue weighted by molar-refractivity contribution is 6.02. The number of allylic oxidation sites excluding steroid dienone is 1. The van der Waals surface area contributed by atoms with Crippen molar-refractivity contribution in [1.82, 2.24) is 0 Å². The Balaban J connectivity index is 2.11. The molecule has 2 aromatic rings. The minimum absolute atomic E-state index is 0.105. The second-order valence-electron chi connectivity index (χ2n) is 5.49. The fourth-order valence-corrected chi connectivity index (χ4v) is 2.34. The minimum atomic E-state index is -0.614. The van der Waals surface area contributed by atoms with Gasteiger partial charge in [-0.3, -0.25) is 4.79 Å². The van der Waals surface area contributed by atoms with E-state index in [1.54, 1.807) is 18.2 Å². The van der Waals surface area contributed by atoms with Gasteiger partial charge in [-0.2, -0.15) is 5.26 Å². The van der Waals surface area contributed by atoms with Crippen LogP contribution in [0.5, 0.6) is 0 Å². The molecule has 0 aromatic heterocycles. The number of Topliss-reactive ketones (excluding diaryl/α,β-unsaturated/α-hetero) is 1. The molecular formula is C20H18N2O3. The molecule has 2 N–H and O–H groups in total. The summed E-state index contributed by atoms with van der Waals surface area (Å²) in [7, 11) is 0. The molecule has 0 spiro atoms. The van der Waals surface area contributed by atoms with Crippen molar-refractivity contribution in [2.45, 2.75) is 13.3 Å². The van der Waals surface area contributed by atoms with Gasteiger partial charge in [-0.25, -0.2) is 4.79 Å². The average Bonchev–Trinajstić information content (AvgIpc) is 2.61. The number of hydrogen-bond donors (Lipinski definition) is 1. The summed E-state index contributed by atoms with van der Waals surface area (Å²) in [6.07, 6.45) is 0.575. The predicted octanol–water partition coefficient (Wildman–Crippen LogP) is 2.76. The van der Waals surface area contributed by atoms with Gasteiger partial charge >= 0.3 is 5.97 Å². The Morgan fingerprint density at radius 1 is 1.08 bits per heavy atom. The largest absolute Gasteiger partial charge is 0.454 e. The normalized spacial score (nSPS) is 11.2. The van der Waals surface area contributed by atoms with Crippen molar-refractivity contribution in [2.75, 3.05) is 6.61 Å². The van der Waals surface area contributed by atoms with E-state index in [1.165, 1.54) is 6.92 Å². The molecule has 0 aliphatic carbocycles. The van der Waals surface area contributed by atoms with Gasteiger partial charge in [0, 0.05) is 5.70 Å². The van der Waals surface area contributed by atoms with Crippen molar-refractivity contribution >= 4 is 11.8 Å². The number of carbonyl (C=O) groups is 2. The first-order valence-electron chi connectivity index (χ1n) is 7.71. The third kappa shape index (κ3) is 4.79. The van der Waals surface area contributed by atoms with Crippen molar-refractivity contribution in [3.8, 4) is 6.07 Å². The predicted molar refractivity (Wildman–Crippen MR) is 93.5 cm³/mol. The van der Waals surface area contributed by atoms with Crippen LogP contribution >= 0.6 is 0 Å². The zero-order valence-electron chi connectivity index (χ0n) is 13.9. The fraction of sp³-hybridized carbons (Fsp3) is 0.150. The molecule has 0 fully saturated rings. The summed E-state index contributed by atoms with van der Waals surface area (Å²) in [5, 5.41) is 8.91. The van der Waals surface area contributed by atoms with Crippen LogP contribution in [-0.4, -0.2) is 18.4 Å². The molecule has 0 saturated carbocycles. The number of benzene rings is 2. The molecule has 126 valence electrons. The van der Waals surface area contributed by atoms with E-state index < -0.39 is 18.4 Å². The summed E-state index contributed by atoms with van der Waals surface area (Å²) in [6, 6.07) is 18.5. The van der Waals surface area contributed by atoms with E-state index in [2.05, 4.69) is 0 Å². The summed E-state index contributed by atoms with van der Waals surface area (Å²) in [5.41, 5.74) is 7.65. The van der Waals surface area contributed by atoms with Crippen LogP contribution < -0.4 is 5.73 Å². The lowest BCUT2D eigenvalue weighted by molar-refractivity contribution is -0.118. The van der Waals surface area contributed by atoms with Gasteiger partial charge in [-0.15, -0.1) is 0 Å². The van der Waals surface area contributed by atoms with Gasteiger partial charge < -0.3 is 10.5 Å². The van der Waals surface area contributed by atoms with Crippen molar-refractivity contribution in [3.63, 3.8) is 0 Å². The van der Waals surface area contributed by atoms with E-state index in [0.29, 0.717) is 12.0 Å². The van der Waals surface area contributed by atoms with Crippen molar-refractivity contribution in [2.24, 2.45) is 5.73 Å². The Morgan fingerprint density at radius 2 is 1.72 bits per heavy atom. The van der Waals surface area contributed by atoms with Crippen molar-refractivity contribution < 1.29 is 14.3 Å². The number of esters is 1. The highest BCUT2D eigenvalue weighted by atomic mass is 16.5. The maximum atomic E-state index is 12.3. The van der Waals surface area contributed by atoms with Gasteiger partial charge in [0.2, 0.25) is 5.78 Å². The Kier molecular flexibility index (Phi) is 6.08. The van der Waals surface area contributed by atoms with Crippen LogP contribution in [0.4, 0.5) is 0 Å². The summed E-state index contributed by atoms with van der Waals surface area (Å²) in [6.45, 7) is 0.934. The molecule has 0 heterocycles. The third-order valence-corrected chi connectivity index (χ3v) is 3.59. The molecule has 0 aliphatic heterocycles. The molecule has 2 aromatic carbocycles. The zero-order chi connectivity index (χ0) is 18.2. The number of ketones is 1. The second-order valence-corrected chi connectivity index (χ2v) is 5.49. The van der Waals surface area contributed by atoms with Crippen LogP contribution in [0.15, 0.2) is 65.9 Å². The number of ether oxygens (including phenoxy) is 1. The van der Waals surface area contributed by atoms with Crippen LogP contribution in [0.1, 0.15) is 28.4 Å². The summed E-state index contributed by atoms with van der Waals surface area (Å²) in [5.74, 6) is -1.22. The van der Waals surface area contributed by atoms with Crippen LogP contribution in [-0.2, 0) is 16.0 Å². The number of carbonyl (C=O) groups excluding carboxylic acids is 2. The molecule has 0 aliphatic rings. The van der Waals surface area contributed by atoms with E-state index in [0.717, 1.165) is 11.1 Å². The van der Waals surface area contributed by atoms with E-state index >= 15 is 0 Å². The second kappa shape index (κ2) is 8.46. The standard InChI is InChI=1S/C20H18N2O3/c1-14(22)18(12-21)19(23)13-25-20(24)17-10-6-5-9-16(17)11-15-7-3-2-4-8-15/h2-10H,11,13,22H2,1H3/b18-14+. The smallest absolute Gasteiger partial charge is 0.338 e. The minimum Gasteiger partial charge on any atom is -0.454 e. The number of hydrogen-bond acceptors (Lipinski definition) is 5. The van der Waals surface area contributed by atoms with E-state index in [9.17, 15) is 9.59 Å². The van der Waals surface area contributed by atoms with Gasteiger partial charge in [-0.05, 0) is 30.5 Å². The van der Waals surface area contributed by atoms with Crippen LogP contribution in [0, 0.1) is 11.3 Å². The Hall–Kier alpha value is -3.39. The van der Waals surface area contributed by atoms with Crippen molar-refractivity contribution in [1.29, 1.82) is 5.26 Å². The molecule has 0 unspecified atom stereocenters. The fourth-order valence-electron chi connectivity index (χ4n) is 2.34. The molecule has 2 rings (SSSR count). The number of nitriles is 1. The lowest BCUT2D eigenvalue weighted by Gasteiger charge is -2.09. The first-order valence-corrected chi connectivity index (χ1v) is 7.71. The topological polar surface area (TPSA) is 93.2 Å². The van der Waals surface area contributed by atoms with Crippen LogP contribution in [0.2, 0.25) is 0 Å². The number of rotatable bonds is 6. The van der Waals surface area contributed by atoms with Gasteiger partial charge in [0.05, 0.1) is 5.56 Å². The molecule has 0 saturated heterocycles. The molecule has 0 radical (unpaired) electrons. The van der Waals surface area contributed by atoms with Crippen molar-refractivity contribution in [3.05, 3.63) is 82.6 Å². The quantitative estimate of drug-likeness (QED) is 0.498. The Bertz CT molecular complexity index is 845. The SMILES string of the molecule is C/C(N)=C(/C#N)C(=O)COC(=O)c1ccccc1Cc1ccccc1. The first-order chi connectivity index (χ1) is 12.0. The molecular weight excluding hydrogens is 316 g/mol. The van der Waals surface area contributed by atoms with Gasteiger partial charge in [0.25, 0.3) is 0 Å². The average molecular weight is 334 g/mol. The molecule has 0 bridgehead atoms. The van der Waals surface area contributed by atoms with Gasteiger partial charge in [-0.1, -0.05) is 48.5 Å². The highest BCUT2D eigenvalue weighted by Crippen LogP contribution is 2.15. The van der Waals surface area contributed by atoms with Gasteiger partial charge in [0.1, 0.15) is 11.6 Å². The highest BCUT2D eigenvalue weighted by Gasteiger charge is 2.17. The number of nitrogens with zero attached hydrogens (tertiary/aromatic N) is 1. The monoisotopic (exact) mass is 334 g/mol. The summed E-state index contributed by atoms with van der Waals surface area (Å²) >= 11 is 0. The van der Waals surface area contributed by atoms with Gasteiger partial charge in [0.15, 0.2) is 6.61 Å². The zero-order valence-corrected chi connectivity index (χ0v) is 13.9. The lowest BCUT2D eigenvalue weighted by atomic mass is 10.00. The van der Waals surface area contributed by atoms with E-state index in [4.69, 9.17) is 15.7 Å². The first kappa shape index (κ1) is 18.0. The third-order valence-electron chi connectivity index (χ3n) is 3.59. The summed E-state index contributed by atoms with van der Waals surface area (Å²) in [4.78, 5) is 24.2. The van der Waals surface area contributed by atoms with E-state index in [-0.39, 0.29) is 11.3 Å². The number of nitrogens with two attached hydrogens (primary N) is 1. The molecule has 0 amide bonds. The molecule has 25 heavy (non-hydrogen) atoms. The maximum Gasteiger partial charge on any atom is 0.338 e. The maximum absolute atomic E-state index is 12.3. The van der Waals surface area contributed by atoms with Crippen LogP contribution in [0.25, 0.3) is 0 Å². The van der Waals surface area contributed by atoms with Crippen LogP contribution in [0.3, 0.4) is 0 Å². The summed E-state index contributed by atoms with van der Waals surface area (Å²) < 4.78 is 5.07. The molecule has 5 heteroatoms. The molecule has 5 nitrogen and oxygen atoms in total. The Morgan fingerprint density at radius 3 is 2.36 bits per heavy atom.